The van der Waals surface area contributed by atoms with E-state index in [0.717, 1.165) is 26.2 Å². The summed E-state index contributed by atoms with van der Waals surface area (Å²) in [5, 5.41) is 0. The lowest BCUT2D eigenvalue weighted by molar-refractivity contribution is -0.0212. The highest BCUT2D eigenvalue weighted by atomic mass is 16.5. The Bertz CT molecular complexity index is 307. The van der Waals surface area contributed by atoms with Crippen molar-refractivity contribution in [2.45, 2.75) is 26.5 Å². The fourth-order valence-electron chi connectivity index (χ4n) is 1.99. The van der Waals surface area contributed by atoms with Gasteiger partial charge in [-0.05, 0) is 19.4 Å². The Morgan fingerprint density at radius 1 is 1.33 bits per heavy atom. The molecule has 1 fully saturated rings. The molecule has 0 aliphatic carbocycles. The van der Waals surface area contributed by atoms with Crippen molar-refractivity contribution >= 4 is 0 Å². The Labute approximate surface area is 91.9 Å². The van der Waals surface area contributed by atoms with Crippen molar-refractivity contribution in [3.63, 3.8) is 0 Å². The van der Waals surface area contributed by atoms with Crippen molar-refractivity contribution in [3.8, 4) is 0 Å². The zero-order chi connectivity index (χ0) is 10.7. The van der Waals surface area contributed by atoms with E-state index in [9.17, 15) is 0 Å². The van der Waals surface area contributed by atoms with Crippen molar-refractivity contribution in [2.75, 3.05) is 19.7 Å². The van der Waals surface area contributed by atoms with Gasteiger partial charge in [0.25, 0.3) is 0 Å². The standard InChI is InChI=1S/C13H19NO/c1-11-3-5-13(6-4-11)10-14-7-8-15-12(2)9-14/h3-6,12H,7-10H2,1-2H3. The largest absolute Gasteiger partial charge is 0.376 e. The van der Waals surface area contributed by atoms with Gasteiger partial charge >= 0.3 is 0 Å². The van der Waals surface area contributed by atoms with E-state index < -0.39 is 0 Å². The average Bonchev–Trinajstić information content (AvgIpc) is 2.22. The molecule has 0 aromatic heterocycles. The third-order valence-corrected chi connectivity index (χ3v) is 2.85. The Kier molecular flexibility index (Phi) is 3.39. The first kappa shape index (κ1) is 10.7. The van der Waals surface area contributed by atoms with Gasteiger partial charge in [-0.2, -0.15) is 0 Å². The minimum atomic E-state index is 0.379. The van der Waals surface area contributed by atoms with E-state index in [4.69, 9.17) is 4.74 Å². The molecular weight excluding hydrogens is 186 g/mol. The van der Waals surface area contributed by atoms with Gasteiger partial charge in [0.05, 0.1) is 12.7 Å². The summed E-state index contributed by atoms with van der Waals surface area (Å²) in [7, 11) is 0. The predicted molar refractivity (Wildman–Crippen MR) is 61.9 cm³/mol. The molecule has 0 saturated carbocycles. The molecule has 1 aromatic rings. The molecule has 1 atom stereocenters. The zero-order valence-corrected chi connectivity index (χ0v) is 9.57. The number of nitrogens with zero attached hydrogens (tertiary/aromatic N) is 1. The normalized spacial score (nSPS) is 22.9. The quantitative estimate of drug-likeness (QED) is 0.734. The Hall–Kier alpha value is -0.860. The number of hydrogen-bond donors (Lipinski definition) is 0. The number of ether oxygens (including phenoxy) is 1. The second-order valence-corrected chi connectivity index (χ2v) is 4.40. The SMILES string of the molecule is Cc1ccc(CN2CCOC(C)C2)cc1. The molecule has 1 saturated heterocycles. The molecule has 0 spiro atoms. The van der Waals surface area contributed by atoms with E-state index in [0.29, 0.717) is 6.10 Å². The van der Waals surface area contributed by atoms with E-state index in [-0.39, 0.29) is 0 Å². The van der Waals surface area contributed by atoms with E-state index in [1.807, 2.05) is 0 Å². The molecule has 82 valence electrons. The minimum absolute atomic E-state index is 0.379. The summed E-state index contributed by atoms with van der Waals surface area (Å²) in [6.45, 7) is 8.29. The fraction of sp³-hybridized carbons (Fsp3) is 0.538. The van der Waals surface area contributed by atoms with E-state index in [2.05, 4.69) is 43.0 Å². The van der Waals surface area contributed by atoms with Gasteiger partial charge in [0.15, 0.2) is 0 Å². The fourth-order valence-corrected chi connectivity index (χ4v) is 1.99. The second-order valence-electron chi connectivity index (χ2n) is 4.40. The topological polar surface area (TPSA) is 12.5 Å². The molecule has 2 nitrogen and oxygen atoms in total. The van der Waals surface area contributed by atoms with Crippen molar-refractivity contribution < 1.29 is 4.74 Å². The van der Waals surface area contributed by atoms with Crippen LogP contribution in [0.2, 0.25) is 0 Å². The van der Waals surface area contributed by atoms with Crippen molar-refractivity contribution in [1.29, 1.82) is 0 Å². The highest BCUT2D eigenvalue weighted by Gasteiger charge is 2.16. The van der Waals surface area contributed by atoms with E-state index in [1.165, 1.54) is 11.1 Å². The van der Waals surface area contributed by atoms with Crippen LogP contribution in [0.5, 0.6) is 0 Å². The molecule has 0 N–H and O–H groups in total. The maximum Gasteiger partial charge on any atom is 0.0674 e. The van der Waals surface area contributed by atoms with Gasteiger partial charge in [-0.1, -0.05) is 29.8 Å². The third kappa shape index (κ3) is 3.05. The summed E-state index contributed by atoms with van der Waals surface area (Å²) in [5.41, 5.74) is 2.73. The maximum absolute atomic E-state index is 5.52. The summed E-state index contributed by atoms with van der Waals surface area (Å²) < 4.78 is 5.52. The maximum atomic E-state index is 5.52. The van der Waals surface area contributed by atoms with Crippen LogP contribution in [0.15, 0.2) is 24.3 Å². The van der Waals surface area contributed by atoms with Gasteiger partial charge in [-0.15, -0.1) is 0 Å². The Morgan fingerprint density at radius 2 is 2.07 bits per heavy atom. The average molecular weight is 205 g/mol. The summed E-state index contributed by atoms with van der Waals surface area (Å²) in [5.74, 6) is 0. The highest BCUT2D eigenvalue weighted by Crippen LogP contribution is 2.10. The molecule has 1 heterocycles. The molecule has 15 heavy (non-hydrogen) atoms. The van der Waals surface area contributed by atoms with Crippen LogP contribution < -0.4 is 0 Å². The molecule has 2 heteroatoms. The predicted octanol–water partition coefficient (Wildman–Crippen LogP) is 2.22. The highest BCUT2D eigenvalue weighted by molar-refractivity contribution is 5.21. The molecular formula is C13H19NO. The van der Waals surface area contributed by atoms with Crippen LogP contribution in [0.25, 0.3) is 0 Å². The zero-order valence-electron chi connectivity index (χ0n) is 9.57. The van der Waals surface area contributed by atoms with Crippen LogP contribution in [0.3, 0.4) is 0 Å². The molecule has 1 unspecified atom stereocenters. The monoisotopic (exact) mass is 205 g/mol. The molecule has 2 rings (SSSR count). The van der Waals surface area contributed by atoms with Crippen molar-refractivity contribution in [2.24, 2.45) is 0 Å². The van der Waals surface area contributed by atoms with Gasteiger partial charge in [-0.3, -0.25) is 4.90 Å². The molecule has 1 aliphatic rings. The van der Waals surface area contributed by atoms with Gasteiger partial charge in [0, 0.05) is 19.6 Å². The number of rotatable bonds is 2. The summed E-state index contributed by atoms with van der Waals surface area (Å²) >= 11 is 0. The Balaban J connectivity index is 1.93. The molecule has 1 aliphatic heterocycles. The number of benzene rings is 1. The molecule has 0 amide bonds. The van der Waals surface area contributed by atoms with Crippen LogP contribution in [0, 0.1) is 6.92 Å². The van der Waals surface area contributed by atoms with Crippen molar-refractivity contribution in [3.05, 3.63) is 35.4 Å². The van der Waals surface area contributed by atoms with Gasteiger partial charge < -0.3 is 4.74 Å². The van der Waals surface area contributed by atoms with Crippen LogP contribution in [0.4, 0.5) is 0 Å². The summed E-state index contributed by atoms with van der Waals surface area (Å²) in [4.78, 5) is 2.46. The lowest BCUT2D eigenvalue weighted by atomic mass is 10.1. The first-order valence-electron chi connectivity index (χ1n) is 5.63. The van der Waals surface area contributed by atoms with E-state index in [1.54, 1.807) is 0 Å². The first-order chi connectivity index (χ1) is 7.24. The molecule has 0 radical (unpaired) electrons. The van der Waals surface area contributed by atoms with Gasteiger partial charge in [-0.25, -0.2) is 0 Å². The summed E-state index contributed by atoms with van der Waals surface area (Å²) in [6.07, 6.45) is 0.379. The molecule has 0 bridgehead atoms. The third-order valence-electron chi connectivity index (χ3n) is 2.85. The van der Waals surface area contributed by atoms with E-state index >= 15 is 0 Å². The van der Waals surface area contributed by atoms with Crippen LogP contribution in [0.1, 0.15) is 18.1 Å². The lowest BCUT2D eigenvalue weighted by Crippen LogP contribution is -2.40. The first-order valence-corrected chi connectivity index (χ1v) is 5.63. The minimum Gasteiger partial charge on any atom is -0.376 e. The van der Waals surface area contributed by atoms with Gasteiger partial charge in [0.1, 0.15) is 0 Å². The van der Waals surface area contributed by atoms with Crippen LogP contribution >= 0.6 is 0 Å². The smallest absolute Gasteiger partial charge is 0.0674 e. The van der Waals surface area contributed by atoms with Crippen LogP contribution in [-0.4, -0.2) is 30.7 Å². The molecule has 1 aromatic carbocycles. The number of morpholine rings is 1. The Morgan fingerprint density at radius 3 is 2.73 bits per heavy atom. The van der Waals surface area contributed by atoms with Crippen LogP contribution in [-0.2, 0) is 11.3 Å². The number of hydrogen-bond acceptors (Lipinski definition) is 2. The van der Waals surface area contributed by atoms with Gasteiger partial charge in [0.2, 0.25) is 0 Å². The number of aryl methyl sites for hydroxylation is 1. The van der Waals surface area contributed by atoms with Crippen molar-refractivity contribution in [1.82, 2.24) is 4.90 Å². The second kappa shape index (κ2) is 4.77. The lowest BCUT2D eigenvalue weighted by Gasteiger charge is -2.31. The summed E-state index contributed by atoms with van der Waals surface area (Å²) in [6, 6.07) is 8.79.